The maximum atomic E-state index is 11.9. The Labute approximate surface area is 123 Å². The number of carbonyl (C=O) groups is 1. The topological polar surface area (TPSA) is 102 Å². The van der Waals surface area contributed by atoms with Crippen LogP contribution in [0.25, 0.3) is 0 Å². The van der Waals surface area contributed by atoms with Crippen LogP contribution in [0, 0.1) is 0 Å². The SMILES string of the molecule is CCOc1ccc(OCC)c(NS(=O)(=O)CCC(=O)O)c1. The zero-order valence-corrected chi connectivity index (χ0v) is 12.8. The highest BCUT2D eigenvalue weighted by atomic mass is 32.2. The molecule has 0 aliphatic rings. The van der Waals surface area contributed by atoms with Crippen molar-refractivity contribution in [2.24, 2.45) is 0 Å². The van der Waals surface area contributed by atoms with Crippen LogP contribution in [0.3, 0.4) is 0 Å². The molecule has 2 N–H and O–H groups in total. The van der Waals surface area contributed by atoms with Crippen molar-refractivity contribution in [3.05, 3.63) is 18.2 Å². The van der Waals surface area contributed by atoms with Gasteiger partial charge < -0.3 is 14.6 Å². The van der Waals surface area contributed by atoms with Crippen molar-refractivity contribution in [2.45, 2.75) is 20.3 Å². The van der Waals surface area contributed by atoms with Gasteiger partial charge in [0.15, 0.2) is 0 Å². The van der Waals surface area contributed by atoms with Gasteiger partial charge >= 0.3 is 5.97 Å². The third-order valence-electron chi connectivity index (χ3n) is 2.41. The van der Waals surface area contributed by atoms with Gasteiger partial charge in [0.1, 0.15) is 11.5 Å². The van der Waals surface area contributed by atoms with Crippen LogP contribution in [0.2, 0.25) is 0 Å². The fourth-order valence-electron chi connectivity index (χ4n) is 1.57. The van der Waals surface area contributed by atoms with Crippen LogP contribution in [0.4, 0.5) is 5.69 Å². The minimum atomic E-state index is -3.77. The van der Waals surface area contributed by atoms with E-state index in [4.69, 9.17) is 14.6 Å². The van der Waals surface area contributed by atoms with Crippen LogP contribution in [0.1, 0.15) is 20.3 Å². The minimum absolute atomic E-state index is 0.230. The Bertz CT molecular complexity index is 584. The molecule has 118 valence electrons. The lowest BCUT2D eigenvalue weighted by Gasteiger charge is -2.14. The average Bonchev–Trinajstić information content (AvgIpc) is 2.40. The van der Waals surface area contributed by atoms with Gasteiger partial charge in [0, 0.05) is 6.07 Å². The van der Waals surface area contributed by atoms with Crippen molar-refractivity contribution in [2.75, 3.05) is 23.7 Å². The lowest BCUT2D eigenvalue weighted by atomic mass is 10.3. The fourth-order valence-corrected chi connectivity index (χ4v) is 2.61. The molecule has 1 rings (SSSR count). The molecule has 7 nitrogen and oxygen atoms in total. The molecule has 0 unspecified atom stereocenters. The number of sulfonamides is 1. The molecule has 1 aromatic carbocycles. The predicted molar refractivity (Wildman–Crippen MR) is 78.4 cm³/mol. The van der Waals surface area contributed by atoms with Gasteiger partial charge in [-0.3, -0.25) is 9.52 Å². The van der Waals surface area contributed by atoms with E-state index >= 15 is 0 Å². The molecule has 0 amide bonds. The third-order valence-corrected chi connectivity index (χ3v) is 3.68. The number of ether oxygens (including phenoxy) is 2. The highest BCUT2D eigenvalue weighted by Gasteiger charge is 2.16. The molecule has 0 saturated carbocycles. The summed E-state index contributed by atoms with van der Waals surface area (Å²) in [6, 6.07) is 4.78. The van der Waals surface area contributed by atoms with Gasteiger partial charge in [-0.15, -0.1) is 0 Å². The van der Waals surface area contributed by atoms with E-state index in [1.165, 1.54) is 6.07 Å². The van der Waals surface area contributed by atoms with E-state index < -0.39 is 28.2 Å². The number of aliphatic carboxylic acids is 1. The summed E-state index contributed by atoms with van der Waals surface area (Å²) in [7, 11) is -3.77. The molecule has 21 heavy (non-hydrogen) atoms. The molecule has 0 bridgehead atoms. The summed E-state index contributed by atoms with van der Waals surface area (Å²) >= 11 is 0. The molecule has 8 heteroatoms. The number of hydrogen-bond donors (Lipinski definition) is 2. The first-order valence-electron chi connectivity index (χ1n) is 6.50. The zero-order chi connectivity index (χ0) is 15.9. The molecule has 0 radical (unpaired) electrons. The largest absolute Gasteiger partial charge is 0.494 e. The first-order chi connectivity index (χ1) is 9.88. The molecular weight excluding hydrogens is 298 g/mol. The number of carboxylic acid groups (broad SMARTS) is 1. The maximum absolute atomic E-state index is 11.9. The number of nitrogens with one attached hydrogen (secondary N) is 1. The van der Waals surface area contributed by atoms with Crippen molar-refractivity contribution in [3.63, 3.8) is 0 Å². The second-order valence-electron chi connectivity index (χ2n) is 4.09. The monoisotopic (exact) mass is 317 g/mol. The Morgan fingerprint density at radius 1 is 1.24 bits per heavy atom. The van der Waals surface area contributed by atoms with E-state index in [1.54, 1.807) is 19.1 Å². The van der Waals surface area contributed by atoms with Gasteiger partial charge in [0.05, 0.1) is 31.1 Å². The molecule has 0 heterocycles. The van der Waals surface area contributed by atoms with Crippen molar-refractivity contribution in [1.29, 1.82) is 0 Å². The number of carboxylic acids is 1. The Balaban J connectivity index is 2.97. The molecule has 0 saturated heterocycles. The summed E-state index contributed by atoms with van der Waals surface area (Å²) in [6.07, 6.45) is -0.468. The van der Waals surface area contributed by atoms with Crippen LogP contribution < -0.4 is 14.2 Å². The Morgan fingerprint density at radius 2 is 1.90 bits per heavy atom. The first-order valence-corrected chi connectivity index (χ1v) is 8.15. The second-order valence-corrected chi connectivity index (χ2v) is 5.93. The number of anilines is 1. The lowest BCUT2D eigenvalue weighted by molar-refractivity contribution is -0.136. The van der Waals surface area contributed by atoms with Gasteiger partial charge in [-0.2, -0.15) is 0 Å². The molecule has 0 aliphatic carbocycles. The smallest absolute Gasteiger partial charge is 0.304 e. The summed E-state index contributed by atoms with van der Waals surface area (Å²) < 4.78 is 36.7. The van der Waals surface area contributed by atoms with Gasteiger partial charge in [-0.25, -0.2) is 8.42 Å². The quantitative estimate of drug-likeness (QED) is 0.719. The van der Waals surface area contributed by atoms with E-state index in [1.807, 2.05) is 6.92 Å². The first kappa shape index (κ1) is 17.1. The molecular formula is C13H19NO6S. The maximum Gasteiger partial charge on any atom is 0.304 e. The normalized spacial score (nSPS) is 11.0. The third kappa shape index (κ3) is 5.90. The molecule has 0 fully saturated rings. The van der Waals surface area contributed by atoms with Crippen LogP contribution in [-0.2, 0) is 14.8 Å². The summed E-state index contributed by atoms with van der Waals surface area (Å²) in [5.74, 6) is -0.822. The molecule has 0 aliphatic heterocycles. The predicted octanol–water partition coefficient (Wildman–Crippen LogP) is 1.70. The number of benzene rings is 1. The van der Waals surface area contributed by atoms with Crippen LogP contribution >= 0.6 is 0 Å². The van der Waals surface area contributed by atoms with Gasteiger partial charge in [-0.1, -0.05) is 0 Å². The van der Waals surface area contributed by atoms with Crippen molar-refractivity contribution in [1.82, 2.24) is 0 Å². The average molecular weight is 317 g/mol. The van der Waals surface area contributed by atoms with Crippen LogP contribution in [0.15, 0.2) is 18.2 Å². The van der Waals surface area contributed by atoms with E-state index in [2.05, 4.69) is 4.72 Å². The summed E-state index contributed by atoms with van der Waals surface area (Å²) in [6.45, 7) is 4.41. The number of hydrogen-bond acceptors (Lipinski definition) is 5. The van der Waals surface area contributed by atoms with Gasteiger partial charge in [0.25, 0.3) is 0 Å². The standard InChI is InChI=1S/C13H19NO6S/c1-3-19-10-5-6-12(20-4-2)11(9-10)14-21(17,18)8-7-13(15)16/h5-6,9,14H,3-4,7-8H2,1-2H3,(H,15,16). The Kier molecular flexibility index (Phi) is 6.29. The van der Waals surface area contributed by atoms with Crippen molar-refractivity contribution >= 4 is 21.7 Å². The second kappa shape index (κ2) is 7.72. The molecule has 0 atom stereocenters. The van der Waals surface area contributed by atoms with E-state index in [0.717, 1.165) is 0 Å². The minimum Gasteiger partial charge on any atom is -0.494 e. The Hall–Kier alpha value is -1.96. The summed E-state index contributed by atoms with van der Waals surface area (Å²) in [5, 5.41) is 8.56. The van der Waals surface area contributed by atoms with Crippen LogP contribution in [0.5, 0.6) is 11.5 Å². The van der Waals surface area contributed by atoms with E-state index in [9.17, 15) is 13.2 Å². The molecule has 1 aromatic rings. The van der Waals surface area contributed by atoms with Gasteiger partial charge in [-0.05, 0) is 26.0 Å². The molecule has 0 aromatic heterocycles. The highest BCUT2D eigenvalue weighted by Crippen LogP contribution is 2.30. The van der Waals surface area contributed by atoms with Crippen molar-refractivity contribution in [3.8, 4) is 11.5 Å². The summed E-state index contributed by atoms with van der Waals surface area (Å²) in [4.78, 5) is 10.5. The lowest BCUT2D eigenvalue weighted by Crippen LogP contribution is -2.19. The fraction of sp³-hybridized carbons (Fsp3) is 0.462. The van der Waals surface area contributed by atoms with E-state index in [0.29, 0.717) is 24.7 Å². The summed E-state index contributed by atoms with van der Waals surface area (Å²) in [5.41, 5.74) is 0.230. The van der Waals surface area contributed by atoms with Gasteiger partial charge in [0.2, 0.25) is 10.0 Å². The van der Waals surface area contributed by atoms with E-state index in [-0.39, 0.29) is 5.69 Å². The van der Waals surface area contributed by atoms with Crippen molar-refractivity contribution < 1.29 is 27.8 Å². The zero-order valence-electron chi connectivity index (χ0n) is 12.0. The van der Waals surface area contributed by atoms with Crippen LogP contribution in [-0.4, -0.2) is 38.5 Å². The Morgan fingerprint density at radius 3 is 2.48 bits per heavy atom. The highest BCUT2D eigenvalue weighted by molar-refractivity contribution is 7.92. The number of rotatable bonds is 9. The molecule has 0 spiro atoms.